The molecule has 0 saturated heterocycles. The molecule has 0 aliphatic heterocycles. The van der Waals surface area contributed by atoms with Crippen molar-refractivity contribution in [2.75, 3.05) is 26.5 Å². The summed E-state index contributed by atoms with van der Waals surface area (Å²) in [7, 11) is -4.13. The maximum Gasteiger partial charge on any atom is 0.510 e. The van der Waals surface area contributed by atoms with E-state index in [1.807, 2.05) is 19.1 Å². The Bertz CT molecular complexity index is 1030. The SMILES string of the molecule is Cc1ncnn2c(CC(CCO)OCP(=O)(OCOC(=O)OC(C)C)OCOC(=O)OC(C)C)ccc12. The lowest BCUT2D eigenvalue weighted by Gasteiger charge is -2.22. The summed E-state index contributed by atoms with van der Waals surface area (Å²) in [6, 6.07) is 3.71. The van der Waals surface area contributed by atoms with E-state index in [0.717, 1.165) is 16.9 Å². The fraction of sp³-hybridized carbons (Fsp3) is 0.636. The molecule has 14 nitrogen and oxygen atoms in total. The van der Waals surface area contributed by atoms with E-state index in [4.69, 9.17) is 32.7 Å². The first-order chi connectivity index (χ1) is 17.5. The van der Waals surface area contributed by atoms with Gasteiger partial charge in [-0.25, -0.2) is 19.1 Å². The van der Waals surface area contributed by atoms with Crippen molar-refractivity contribution in [2.24, 2.45) is 0 Å². The van der Waals surface area contributed by atoms with Crippen LogP contribution in [0.5, 0.6) is 0 Å². The van der Waals surface area contributed by atoms with E-state index < -0.39 is 58.2 Å². The predicted molar refractivity (Wildman–Crippen MR) is 128 cm³/mol. The van der Waals surface area contributed by atoms with E-state index in [1.54, 1.807) is 32.2 Å². The normalized spacial score (nSPS) is 12.6. The highest BCUT2D eigenvalue weighted by atomic mass is 31.2. The number of aliphatic hydroxyl groups is 1. The Morgan fingerprint density at radius 2 is 1.62 bits per heavy atom. The van der Waals surface area contributed by atoms with Crippen molar-refractivity contribution in [2.45, 2.75) is 65.8 Å². The maximum atomic E-state index is 13.3. The van der Waals surface area contributed by atoms with E-state index >= 15 is 0 Å². The first-order valence-electron chi connectivity index (χ1n) is 11.6. The number of aryl methyl sites for hydroxylation is 1. The number of fused-ring (bicyclic) bond motifs is 1. The van der Waals surface area contributed by atoms with Crippen molar-refractivity contribution >= 4 is 25.4 Å². The molecule has 0 fully saturated rings. The van der Waals surface area contributed by atoms with Gasteiger partial charge >= 0.3 is 19.9 Å². The van der Waals surface area contributed by atoms with Gasteiger partial charge < -0.3 is 28.8 Å². The molecule has 2 heterocycles. The molecule has 0 amide bonds. The third kappa shape index (κ3) is 10.6. The van der Waals surface area contributed by atoms with Gasteiger partial charge in [-0.3, -0.25) is 13.6 Å². The molecule has 0 saturated carbocycles. The van der Waals surface area contributed by atoms with Gasteiger partial charge in [0.2, 0.25) is 13.6 Å². The first kappa shape index (κ1) is 30.5. The molecule has 1 unspecified atom stereocenters. The minimum absolute atomic E-state index is 0.200. The summed E-state index contributed by atoms with van der Waals surface area (Å²) < 4.78 is 50.2. The highest BCUT2D eigenvalue weighted by molar-refractivity contribution is 7.53. The number of aliphatic hydroxyl groups excluding tert-OH is 1. The Morgan fingerprint density at radius 1 is 1.03 bits per heavy atom. The molecule has 0 radical (unpaired) electrons. The summed E-state index contributed by atoms with van der Waals surface area (Å²) in [6.45, 7) is 6.61. The Labute approximate surface area is 214 Å². The van der Waals surface area contributed by atoms with Gasteiger partial charge in [0.25, 0.3) is 0 Å². The van der Waals surface area contributed by atoms with E-state index in [2.05, 4.69) is 10.1 Å². The Kier molecular flexibility index (Phi) is 12.2. The summed E-state index contributed by atoms with van der Waals surface area (Å²) in [6.07, 6.45) is -2.21. The minimum Gasteiger partial charge on any atom is -0.432 e. The lowest BCUT2D eigenvalue weighted by molar-refractivity contribution is -0.0379. The number of rotatable bonds is 15. The molecule has 2 rings (SSSR count). The van der Waals surface area contributed by atoms with E-state index in [9.17, 15) is 19.3 Å². The van der Waals surface area contributed by atoms with Crippen molar-refractivity contribution in [3.63, 3.8) is 0 Å². The zero-order valence-corrected chi connectivity index (χ0v) is 22.4. The second kappa shape index (κ2) is 14.8. The summed E-state index contributed by atoms with van der Waals surface area (Å²) in [5, 5.41) is 13.8. The Balaban J connectivity index is 2.05. The molecular weight excluding hydrogens is 513 g/mol. The van der Waals surface area contributed by atoms with Crippen molar-refractivity contribution in [3.8, 4) is 0 Å². The van der Waals surface area contributed by atoms with Crippen LogP contribution < -0.4 is 0 Å². The fourth-order valence-corrected chi connectivity index (χ4v) is 4.00. The van der Waals surface area contributed by atoms with Crippen molar-refractivity contribution < 1.29 is 52.0 Å². The van der Waals surface area contributed by atoms with Crippen LogP contribution >= 0.6 is 7.60 Å². The highest BCUT2D eigenvalue weighted by Crippen LogP contribution is 2.48. The van der Waals surface area contributed by atoms with Crippen LogP contribution in [0.3, 0.4) is 0 Å². The van der Waals surface area contributed by atoms with Gasteiger partial charge in [-0.05, 0) is 53.2 Å². The van der Waals surface area contributed by atoms with E-state index in [1.165, 1.54) is 6.33 Å². The van der Waals surface area contributed by atoms with E-state index in [0.29, 0.717) is 6.42 Å². The number of aromatic nitrogens is 3. The topological polar surface area (TPSA) is 166 Å². The standard InChI is InChI=1S/C22H34N3O11P/c1-15(2)35-21(27)30-12-33-37(29,34-13-31-22(28)36-16(3)4)14-32-19(8-9-26)10-18-6-7-20-17(5)23-11-24-25(18)20/h6-7,11,15-16,19,26H,8-10,12-14H2,1-5H3. The van der Waals surface area contributed by atoms with Gasteiger partial charge in [-0.15, -0.1) is 0 Å². The lowest BCUT2D eigenvalue weighted by atomic mass is 10.1. The van der Waals surface area contributed by atoms with Crippen LogP contribution in [-0.4, -0.2) is 76.9 Å². The van der Waals surface area contributed by atoms with Gasteiger partial charge in [0.15, 0.2) is 0 Å². The molecule has 0 bridgehead atoms. The number of carbonyl (C=O) groups is 2. The summed E-state index contributed by atoms with van der Waals surface area (Å²) in [5.74, 6) is 0. The Morgan fingerprint density at radius 3 is 2.16 bits per heavy atom. The van der Waals surface area contributed by atoms with Gasteiger partial charge in [-0.2, -0.15) is 5.10 Å². The van der Waals surface area contributed by atoms with Crippen LogP contribution in [0.25, 0.3) is 5.52 Å². The van der Waals surface area contributed by atoms with Gasteiger partial charge in [0.05, 0.1) is 29.5 Å². The summed E-state index contributed by atoms with van der Waals surface area (Å²) >= 11 is 0. The Hall–Kier alpha value is -2.77. The van der Waals surface area contributed by atoms with Crippen molar-refractivity contribution in [3.05, 3.63) is 29.8 Å². The first-order valence-corrected chi connectivity index (χ1v) is 13.3. The highest BCUT2D eigenvalue weighted by Gasteiger charge is 2.29. The molecule has 0 spiro atoms. The average molecular weight is 547 g/mol. The largest absolute Gasteiger partial charge is 0.510 e. The molecule has 1 atom stereocenters. The van der Waals surface area contributed by atoms with Gasteiger partial charge in [-0.1, -0.05) is 0 Å². The van der Waals surface area contributed by atoms with Crippen LogP contribution in [0.15, 0.2) is 18.5 Å². The molecule has 15 heteroatoms. The quantitative estimate of drug-likeness (QED) is 0.195. The number of hydrogen-bond donors (Lipinski definition) is 1. The number of hydrogen-bond acceptors (Lipinski definition) is 13. The van der Waals surface area contributed by atoms with Crippen LogP contribution in [0, 0.1) is 6.92 Å². The third-order valence-electron chi connectivity index (χ3n) is 4.60. The van der Waals surface area contributed by atoms with Crippen molar-refractivity contribution in [1.82, 2.24) is 14.6 Å². The van der Waals surface area contributed by atoms with Crippen LogP contribution in [0.1, 0.15) is 45.5 Å². The molecule has 0 aromatic carbocycles. The molecule has 37 heavy (non-hydrogen) atoms. The molecule has 2 aromatic heterocycles. The van der Waals surface area contributed by atoms with Crippen LogP contribution in [0.2, 0.25) is 0 Å². The maximum absolute atomic E-state index is 13.3. The van der Waals surface area contributed by atoms with Crippen LogP contribution in [-0.2, 0) is 43.7 Å². The number of nitrogens with zero attached hydrogens (tertiary/aromatic N) is 3. The molecule has 2 aromatic rings. The summed E-state index contributed by atoms with van der Waals surface area (Å²) in [4.78, 5) is 27.3. The van der Waals surface area contributed by atoms with Crippen LogP contribution in [0.4, 0.5) is 9.59 Å². The number of carbonyl (C=O) groups excluding carboxylic acids is 2. The smallest absolute Gasteiger partial charge is 0.432 e. The second-order valence-electron chi connectivity index (χ2n) is 8.33. The third-order valence-corrected chi connectivity index (χ3v) is 6.06. The molecule has 1 N–H and O–H groups in total. The second-order valence-corrected chi connectivity index (χ2v) is 10.3. The average Bonchev–Trinajstić information content (AvgIpc) is 3.21. The molecule has 0 aliphatic carbocycles. The molecule has 208 valence electrons. The zero-order valence-electron chi connectivity index (χ0n) is 21.5. The molecule has 0 aliphatic rings. The van der Waals surface area contributed by atoms with Gasteiger partial charge in [0, 0.05) is 18.7 Å². The minimum atomic E-state index is -4.13. The predicted octanol–water partition coefficient (Wildman–Crippen LogP) is 3.57. The fourth-order valence-electron chi connectivity index (χ4n) is 2.96. The monoisotopic (exact) mass is 547 g/mol. The summed E-state index contributed by atoms with van der Waals surface area (Å²) in [5.41, 5.74) is 2.38. The number of ether oxygens (including phenoxy) is 5. The zero-order chi connectivity index (χ0) is 27.4. The van der Waals surface area contributed by atoms with Gasteiger partial charge in [0.1, 0.15) is 12.7 Å². The molecular formula is C22H34N3O11P. The lowest BCUT2D eigenvalue weighted by Crippen LogP contribution is -2.22. The van der Waals surface area contributed by atoms with E-state index in [-0.39, 0.29) is 13.0 Å². The van der Waals surface area contributed by atoms with Crippen molar-refractivity contribution in [1.29, 1.82) is 0 Å².